The Kier molecular flexibility index (Phi) is 3.62. The standard InChI is InChI=1S/C13H13NO3S/c1-8-4-3-5-11(9(8)2)17-6-10-7-18-12(14-10)13(15)16/h3-5,7H,6H2,1-2H3,(H,15,16). The van der Waals surface area contributed by atoms with Gasteiger partial charge in [0.15, 0.2) is 0 Å². The minimum absolute atomic E-state index is 0.0922. The van der Waals surface area contributed by atoms with Gasteiger partial charge in [0, 0.05) is 5.38 Å². The van der Waals surface area contributed by atoms with Crippen molar-refractivity contribution in [3.8, 4) is 5.75 Å². The average molecular weight is 263 g/mol. The molecule has 1 N–H and O–H groups in total. The predicted octanol–water partition coefficient (Wildman–Crippen LogP) is 3.04. The molecule has 1 heterocycles. The number of benzene rings is 1. The van der Waals surface area contributed by atoms with Crippen LogP contribution in [0.3, 0.4) is 0 Å². The third-order valence-corrected chi connectivity index (χ3v) is 3.54. The summed E-state index contributed by atoms with van der Waals surface area (Å²) in [5.41, 5.74) is 2.89. The first-order valence-corrected chi connectivity index (χ1v) is 6.32. The Morgan fingerprint density at radius 2 is 2.22 bits per heavy atom. The number of hydrogen-bond acceptors (Lipinski definition) is 4. The van der Waals surface area contributed by atoms with Gasteiger partial charge in [-0.2, -0.15) is 0 Å². The highest BCUT2D eigenvalue weighted by molar-refractivity contribution is 7.11. The molecule has 5 heteroatoms. The molecule has 18 heavy (non-hydrogen) atoms. The van der Waals surface area contributed by atoms with Gasteiger partial charge < -0.3 is 9.84 Å². The molecular weight excluding hydrogens is 250 g/mol. The van der Waals surface area contributed by atoms with E-state index >= 15 is 0 Å². The zero-order valence-corrected chi connectivity index (χ0v) is 11.0. The number of carboxylic acids is 1. The Bertz CT molecular complexity index is 577. The van der Waals surface area contributed by atoms with Gasteiger partial charge in [0.1, 0.15) is 12.4 Å². The first-order valence-electron chi connectivity index (χ1n) is 5.44. The lowest BCUT2D eigenvalue weighted by Crippen LogP contribution is -2.00. The largest absolute Gasteiger partial charge is 0.487 e. The molecule has 0 fully saturated rings. The molecule has 0 aliphatic carbocycles. The van der Waals surface area contributed by atoms with Gasteiger partial charge in [0.05, 0.1) is 5.69 Å². The fraction of sp³-hybridized carbons (Fsp3) is 0.231. The van der Waals surface area contributed by atoms with Crippen molar-refractivity contribution in [1.29, 1.82) is 0 Å². The van der Waals surface area contributed by atoms with Crippen LogP contribution < -0.4 is 4.74 Å². The summed E-state index contributed by atoms with van der Waals surface area (Å²) in [6, 6.07) is 5.85. The molecule has 1 aromatic heterocycles. The van der Waals surface area contributed by atoms with E-state index in [2.05, 4.69) is 4.98 Å². The molecule has 0 atom stereocenters. The predicted molar refractivity (Wildman–Crippen MR) is 69.3 cm³/mol. The van der Waals surface area contributed by atoms with E-state index in [0.717, 1.165) is 28.2 Å². The van der Waals surface area contributed by atoms with Crippen LogP contribution in [0.15, 0.2) is 23.6 Å². The summed E-state index contributed by atoms with van der Waals surface area (Å²) in [6.45, 7) is 4.30. The first-order chi connectivity index (χ1) is 8.58. The Morgan fingerprint density at radius 3 is 2.89 bits per heavy atom. The molecule has 4 nitrogen and oxygen atoms in total. The van der Waals surface area contributed by atoms with E-state index in [9.17, 15) is 4.79 Å². The minimum atomic E-state index is -1.00. The number of thiazole rings is 1. The fourth-order valence-corrected chi connectivity index (χ4v) is 2.14. The maximum Gasteiger partial charge on any atom is 0.365 e. The lowest BCUT2D eigenvalue weighted by atomic mass is 10.1. The van der Waals surface area contributed by atoms with Crippen LogP contribution in [0, 0.1) is 13.8 Å². The molecule has 0 saturated heterocycles. The van der Waals surface area contributed by atoms with E-state index in [1.807, 2.05) is 32.0 Å². The zero-order chi connectivity index (χ0) is 13.1. The molecule has 0 aliphatic heterocycles. The van der Waals surface area contributed by atoms with Gasteiger partial charge in [0.25, 0.3) is 0 Å². The highest BCUT2D eigenvalue weighted by Gasteiger charge is 2.09. The van der Waals surface area contributed by atoms with Crippen molar-refractivity contribution in [3.05, 3.63) is 45.4 Å². The number of nitrogens with zero attached hydrogens (tertiary/aromatic N) is 1. The Labute approximate surface area is 109 Å². The third kappa shape index (κ3) is 2.68. The Morgan fingerprint density at radius 1 is 1.44 bits per heavy atom. The molecule has 0 radical (unpaired) electrons. The van der Waals surface area contributed by atoms with E-state index in [0.29, 0.717) is 5.69 Å². The van der Waals surface area contributed by atoms with Gasteiger partial charge in [-0.3, -0.25) is 0 Å². The average Bonchev–Trinajstić information content (AvgIpc) is 2.80. The smallest absolute Gasteiger partial charge is 0.365 e. The van der Waals surface area contributed by atoms with Gasteiger partial charge in [-0.05, 0) is 31.0 Å². The molecule has 94 valence electrons. The van der Waals surface area contributed by atoms with Crippen molar-refractivity contribution in [2.75, 3.05) is 0 Å². The minimum Gasteiger partial charge on any atom is -0.487 e. The number of ether oxygens (including phenoxy) is 1. The monoisotopic (exact) mass is 263 g/mol. The molecule has 0 unspecified atom stereocenters. The number of aromatic carboxylic acids is 1. The van der Waals surface area contributed by atoms with Gasteiger partial charge in [0.2, 0.25) is 5.01 Å². The van der Waals surface area contributed by atoms with Crippen molar-refractivity contribution in [3.63, 3.8) is 0 Å². The number of carboxylic acid groups (broad SMARTS) is 1. The summed E-state index contributed by atoms with van der Waals surface area (Å²) in [7, 11) is 0. The number of aryl methyl sites for hydroxylation is 1. The van der Waals surface area contributed by atoms with Gasteiger partial charge in [-0.15, -0.1) is 11.3 Å². The summed E-state index contributed by atoms with van der Waals surface area (Å²) in [5, 5.41) is 10.6. The molecule has 0 amide bonds. The third-order valence-electron chi connectivity index (χ3n) is 2.67. The summed E-state index contributed by atoms with van der Waals surface area (Å²) in [6.07, 6.45) is 0. The molecule has 2 aromatic rings. The number of rotatable bonds is 4. The van der Waals surface area contributed by atoms with E-state index in [1.165, 1.54) is 0 Å². The SMILES string of the molecule is Cc1cccc(OCc2csc(C(=O)O)n2)c1C. The van der Waals surface area contributed by atoms with Gasteiger partial charge in [-0.1, -0.05) is 12.1 Å². The topological polar surface area (TPSA) is 59.4 Å². The zero-order valence-electron chi connectivity index (χ0n) is 10.1. The summed E-state index contributed by atoms with van der Waals surface area (Å²) in [4.78, 5) is 14.7. The Hall–Kier alpha value is -1.88. The molecule has 2 rings (SSSR count). The highest BCUT2D eigenvalue weighted by Crippen LogP contribution is 2.22. The van der Waals surface area contributed by atoms with E-state index in [1.54, 1.807) is 5.38 Å². The number of carbonyl (C=O) groups is 1. The maximum atomic E-state index is 10.7. The van der Waals surface area contributed by atoms with Crippen molar-refractivity contribution in [1.82, 2.24) is 4.98 Å². The van der Waals surface area contributed by atoms with Crippen molar-refractivity contribution in [2.24, 2.45) is 0 Å². The van der Waals surface area contributed by atoms with Crippen LogP contribution in [-0.2, 0) is 6.61 Å². The van der Waals surface area contributed by atoms with E-state index < -0.39 is 5.97 Å². The summed E-state index contributed by atoms with van der Waals surface area (Å²) >= 11 is 1.11. The second kappa shape index (κ2) is 5.18. The van der Waals surface area contributed by atoms with Gasteiger partial charge >= 0.3 is 5.97 Å². The van der Waals surface area contributed by atoms with Crippen LogP contribution in [0.1, 0.15) is 26.6 Å². The van der Waals surface area contributed by atoms with Crippen molar-refractivity contribution >= 4 is 17.3 Å². The van der Waals surface area contributed by atoms with Crippen LogP contribution in [-0.4, -0.2) is 16.1 Å². The van der Waals surface area contributed by atoms with Crippen molar-refractivity contribution in [2.45, 2.75) is 20.5 Å². The normalized spacial score (nSPS) is 10.3. The van der Waals surface area contributed by atoms with Crippen LogP contribution in [0.25, 0.3) is 0 Å². The van der Waals surface area contributed by atoms with Crippen LogP contribution in [0.4, 0.5) is 0 Å². The molecule has 0 saturated carbocycles. The molecule has 0 aliphatic rings. The molecular formula is C13H13NO3S. The first kappa shape index (κ1) is 12.6. The highest BCUT2D eigenvalue weighted by atomic mass is 32.1. The summed E-state index contributed by atoms with van der Waals surface area (Å²) in [5.74, 6) is -0.196. The Balaban J connectivity index is 2.07. The second-order valence-corrected chi connectivity index (χ2v) is 4.79. The van der Waals surface area contributed by atoms with Crippen LogP contribution in [0.5, 0.6) is 5.75 Å². The van der Waals surface area contributed by atoms with E-state index in [-0.39, 0.29) is 11.6 Å². The molecule has 0 bridgehead atoms. The van der Waals surface area contributed by atoms with E-state index in [4.69, 9.17) is 9.84 Å². The quantitative estimate of drug-likeness (QED) is 0.921. The fourth-order valence-electron chi connectivity index (χ4n) is 1.50. The van der Waals surface area contributed by atoms with Crippen molar-refractivity contribution < 1.29 is 14.6 Å². The van der Waals surface area contributed by atoms with Gasteiger partial charge in [-0.25, -0.2) is 9.78 Å². The van der Waals surface area contributed by atoms with Crippen LogP contribution in [0.2, 0.25) is 0 Å². The van der Waals surface area contributed by atoms with Crippen LogP contribution >= 0.6 is 11.3 Å². The summed E-state index contributed by atoms with van der Waals surface area (Å²) < 4.78 is 5.65. The lowest BCUT2D eigenvalue weighted by molar-refractivity contribution is 0.0696. The second-order valence-electron chi connectivity index (χ2n) is 3.94. The molecule has 1 aromatic carbocycles. The lowest BCUT2D eigenvalue weighted by Gasteiger charge is -2.09. The molecule has 0 spiro atoms. The number of aromatic nitrogens is 1. The number of hydrogen-bond donors (Lipinski definition) is 1. The maximum absolute atomic E-state index is 10.7.